The van der Waals surface area contributed by atoms with Crippen LogP contribution in [0.5, 0.6) is 0 Å². The number of hydrogen-bond donors (Lipinski definition) is 2. The lowest BCUT2D eigenvalue weighted by molar-refractivity contribution is -0.121. The van der Waals surface area contributed by atoms with Crippen molar-refractivity contribution in [2.24, 2.45) is 0 Å². The number of nitrogens with one attached hydrogen (secondary N) is 2. The first-order chi connectivity index (χ1) is 12.4. The average molecular weight is 397 g/mol. The summed E-state index contributed by atoms with van der Waals surface area (Å²) < 4.78 is 31.8. The van der Waals surface area contributed by atoms with Crippen LogP contribution >= 0.6 is 11.6 Å². The summed E-state index contributed by atoms with van der Waals surface area (Å²) in [6.45, 7) is 0.825. The molecule has 0 spiro atoms. The number of amides is 1. The van der Waals surface area contributed by atoms with Gasteiger partial charge in [-0.3, -0.25) is 4.79 Å². The van der Waals surface area contributed by atoms with E-state index >= 15 is 0 Å². The Balaban J connectivity index is 1.82. The molecule has 2 rings (SSSR count). The molecule has 26 heavy (non-hydrogen) atoms. The molecule has 0 bridgehead atoms. The zero-order chi connectivity index (χ0) is 19.0. The molecule has 1 amide bonds. The molecular formula is C18H21ClN2O4S. The van der Waals surface area contributed by atoms with Crippen molar-refractivity contribution >= 4 is 27.5 Å². The van der Waals surface area contributed by atoms with E-state index in [0.717, 1.165) is 11.1 Å². The number of rotatable bonds is 9. The van der Waals surface area contributed by atoms with Gasteiger partial charge >= 0.3 is 0 Å². The van der Waals surface area contributed by atoms with Gasteiger partial charge in [-0.25, -0.2) is 13.1 Å². The van der Waals surface area contributed by atoms with Crippen molar-refractivity contribution in [3.63, 3.8) is 0 Å². The Morgan fingerprint density at radius 2 is 1.85 bits per heavy atom. The predicted octanol–water partition coefficient (Wildman–Crippen LogP) is 2.47. The van der Waals surface area contributed by atoms with Gasteiger partial charge in [-0.1, -0.05) is 41.9 Å². The van der Waals surface area contributed by atoms with Crippen LogP contribution in [-0.4, -0.2) is 28.0 Å². The normalized spacial score (nSPS) is 11.3. The van der Waals surface area contributed by atoms with E-state index in [4.69, 9.17) is 16.3 Å². The van der Waals surface area contributed by atoms with Gasteiger partial charge in [0.05, 0.1) is 11.5 Å². The van der Waals surface area contributed by atoms with E-state index in [1.54, 1.807) is 19.2 Å². The summed E-state index contributed by atoms with van der Waals surface area (Å²) in [6, 6.07) is 13.6. The van der Waals surface area contributed by atoms with Crippen LogP contribution < -0.4 is 10.0 Å². The average Bonchev–Trinajstić information content (AvgIpc) is 2.61. The Labute approximate surface area is 158 Å². The highest BCUT2D eigenvalue weighted by molar-refractivity contribution is 7.89. The van der Waals surface area contributed by atoms with Crippen LogP contribution in [0.15, 0.2) is 53.4 Å². The van der Waals surface area contributed by atoms with Gasteiger partial charge in [0.2, 0.25) is 15.9 Å². The molecule has 0 saturated heterocycles. The summed E-state index contributed by atoms with van der Waals surface area (Å²) in [7, 11) is -2.08. The number of carbonyl (C=O) groups is 1. The van der Waals surface area contributed by atoms with E-state index < -0.39 is 10.0 Å². The minimum Gasteiger partial charge on any atom is -0.380 e. The molecule has 0 heterocycles. The molecule has 0 unspecified atom stereocenters. The third-order valence-corrected chi connectivity index (χ3v) is 5.34. The predicted molar refractivity (Wildman–Crippen MR) is 100 cm³/mol. The van der Waals surface area contributed by atoms with Crippen molar-refractivity contribution in [2.75, 3.05) is 13.7 Å². The summed E-state index contributed by atoms with van der Waals surface area (Å²) in [4.78, 5) is 12.0. The Hall–Kier alpha value is -1.93. The second-order valence-electron chi connectivity index (χ2n) is 5.58. The number of halogens is 1. The van der Waals surface area contributed by atoms with Crippen LogP contribution in [0.1, 0.15) is 17.5 Å². The number of carbonyl (C=O) groups excluding carboxylic acids is 1. The van der Waals surface area contributed by atoms with Gasteiger partial charge in [0, 0.05) is 31.6 Å². The summed E-state index contributed by atoms with van der Waals surface area (Å²) in [6.07, 6.45) is 0.0340. The summed E-state index contributed by atoms with van der Waals surface area (Å²) in [5.41, 5.74) is 1.96. The second kappa shape index (κ2) is 9.68. The highest BCUT2D eigenvalue weighted by Gasteiger charge is 2.14. The molecule has 8 heteroatoms. The largest absolute Gasteiger partial charge is 0.380 e. The zero-order valence-electron chi connectivity index (χ0n) is 14.4. The van der Waals surface area contributed by atoms with Crippen molar-refractivity contribution in [1.29, 1.82) is 0 Å². The SMILES string of the molecule is COCc1ccccc1CNC(=O)CCNS(=O)(=O)c1cccc(Cl)c1. The highest BCUT2D eigenvalue weighted by Crippen LogP contribution is 2.15. The van der Waals surface area contributed by atoms with Gasteiger partial charge in [-0.2, -0.15) is 0 Å². The van der Waals surface area contributed by atoms with Gasteiger partial charge in [-0.15, -0.1) is 0 Å². The smallest absolute Gasteiger partial charge is 0.240 e. The van der Waals surface area contributed by atoms with Crippen molar-refractivity contribution < 1.29 is 17.9 Å². The van der Waals surface area contributed by atoms with E-state index in [0.29, 0.717) is 18.2 Å². The minimum absolute atomic E-state index is 0.000395. The van der Waals surface area contributed by atoms with Crippen molar-refractivity contribution in [1.82, 2.24) is 10.0 Å². The molecule has 0 atom stereocenters. The molecule has 0 fully saturated rings. The van der Waals surface area contributed by atoms with Crippen LogP contribution in [0.25, 0.3) is 0 Å². The summed E-state index contributed by atoms with van der Waals surface area (Å²) in [5.74, 6) is -0.244. The van der Waals surface area contributed by atoms with Gasteiger partial charge in [0.25, 0.3) is 0 Å². The Kier molecular flexibility index (Phi) is 7.59. The first kappa shape index (κ1) is 20.4. The maximum Gasteiger partial charge on any atom is 0.240 e. The number of methoxy groups -OCH3 is 1. The van der Waals surface area contributed by atoms with Gasteiger partial charge in [0.1, 0.15) is 0 Å². The number of ether oxygens (including phenoxy) is 1. The minimum atomic E-state index is -3.69. The first-order valence-electron chi connectivity index (χ1n) is 8.00. The first-order valence-corrected chi connectivity index (χ1v) is 9.86. The molecule has 6 nitrogen and oxygen atoms in total. The summed E-state index contributed by atoms with van der Waals surface area (Å²) >= 11 is 5.80. The molecule has 2 aromatic rings. The van der Waals surface area contributed by atoms with E-state index in [9.17, 15) is 13.2 Å². The number of hydrogen-bond acceptors (Lipinski definition) is 4. The molecule has 0 radical (unpaired) electrons. The fourth-order valence-electron chi connectivity index (χ4n) is 2.32. The zero-order valence-corrected chi connectivity index (χ0v) is 15.9. The third kappa shape index (κ3) is 6.10. The van der Waals surface area contributed by atoms with Crippen molar-refractivity contribution in [2.45, 2.75) is 24.5 Å². The van der Waals surface area contributed by atoms with Crippen molar-refractivity contribution in [3.05, 3.63) is 64.7 Å². The molecule has 0 aliphatic heterocycles. The number of benzene rings is 2. The molecule has 2 aromatic carbocycles. The van der Waals surface area contributed by atoms with Crippen LogP contribution in [0, 0.1) is 0 Å². The van der Waals surface area contributed by atoms with E-state index in [1.807, 2.05) is 24.3 Å². The topological polar surface area (TPSA) is 84.5 Å². The quantitative estimate of drug-likeness (QED) is 0.682. The molecule has 0 saturated carbocycles. The Morgan fingerprint density at radius 1 is 1.12 bits per heavy atom. The van der Waals surface area contributed by atoms with Gasteiger partial charge in [-0.05, 0) is 29.3 Å². The third-order valence-electron chi connectivity index (χ3n) is 3.64. The van der Waals surface area contributed by atoms with E-state index in [-0.39, 0.29) is 23.8 Å². The monoisotopic (exact) mass is 396 g/mol. The maximum atomic E-state index is 12.1. The summed E-state index contributed by atoms with van der Waals surface area (Å²) in [5, 5.41) is 3.12. The van der Waals surface area contributed by atoms with Crippen LogP contribution in [-0.2, 0) is 32.7 Å². The molecular weight excluding hydrogens is 376 g/mol. The highest BCUT2D eigenvalue weighted by atomic mass is 35.5. The fraction of sp³-hybridized carbons (Fsp3) is 0.278. The Morgan fingerprint density at radius 3 is 2.54 bits per heavy atom. The molecule has 0 aromatic heterocycles. The lowest BCUT2D eigenvalue weighted by atomic mass is 10.1. The van der Waals surface area contributed by atoms with Crippen LogP contribution in [0.2, 0.25) is 5.02 Å². The van der Waals surface area contributed by atoms with E-state index in [1.165, 1.54) is 12.1 Å². The molecule has 2 N–H and O–H groups in total. The molecule has 0 aliphatic carbocycles. The van der Waals surface area contributed by atoms with Crippen molar-refractivity contribution in [3.8, 4) is 0 Å². The maximum absolute atomic E-state index is 12.1. The molecule has 0 aliphatic rings. The van der Waals surface area contributed by atoms with Gasteiger partial charge in [0.15, 0.2) is 0 Å². The van der Waals surface area contributed by atoms with Crippen LogP contribution in [0.4, 0.5) is 0 Å². The van der Waals surface area contributed by atoms with E-state index in [2.05, 4.69) is 10.0 Å². The van der Waals surface area contributed by atoms with Crippen LogP contribution in [0.3, 0.4) is 0 Å². The lowest BCUT2D eigenvalue weighted by Gasteiger charge is -2.11. The Bertz CT molecular complexity index is 856. The fourth-order valence-corrected chi connectivity index (χ4v) is 3.66. The molecule has 140 valence electrons. The van der Waals surface area contributed by atoms with Gasteiger partial charge < -0.3 is 10.1 Å². The second-order valence-corrected chi connectivity index (χ2v) is 7.79. The standard InChI is InChI=1S/C18H21ClN2O4S/c1-25-13-15-6-3-2-5-14(15)12-20-18(22)9-10-21-26(23,24)17-8-4-7-16(19)11-17/h2-8,11,21H,9-10,12-13H2,1H3,(H,20,22). The lowest BCUT2D eigenvalue weighted by Crippen LogP contribution is -2.30. The number of sulfonamides is 1.